The van der Waals surface area contributed by atoms with Crippen LogP contribution in [0.4, 0.5) is 0 Å². The minimum absolute atomic E-state index is 0.0301. The van der Waals surface area contributed by atoms with Gasteiger partial charge in [-0.2, -0.15) is 0 Å². The SMILES string of the molecule is CCCCCCCCCCCCOS(=O)(=O)[O-].C[NH+]1CCCC1. The summed E-state index contributed by atoms with van der Waals surface area (Å²) in [4.78, 5) is 1.70. The van der Waals surface area contributed by atoms with E-state index in [0.29, 0.717) is 6.42 Å². The van der Waals surface area contributed by atoms with E-state index in [2.05, 4.69) is 18.2 Å². The van der Waals surface area contributed by atoms with Gasteiger partial charge in [-0.1, -0.05) is 64.7 Å². The van der Waals surface area contributed by atoms with Gasteiger partial charge in [-0.25, -0.2) is 8.42 Å². The molecule has 1 aliphatic rings. The monoisotopic (exact) mass is 351 g/mol. The lowest BCUT2D eigenvalue weighted by atomic mass is 10.1. The first kappa shape index (κ1) is 22.8. The molecule has 0 radical (unpaired) electrons. The van der Waals surface area contributed by atoms with E-state index in [-0.39, 0.29) is 6.61 Å². The predicted molar refractivity (Wildman–Crippen MR) is 93.3 cm³/mol. The van der Waals surface area contributed by atoms with Gasteiger partial charge >= 0.3 is 0 Å². The highest BCUT2D eigenvalue weighted by atomic mass is 32.3. The van der Waals surface area contributed by atoms with Crippen molar-refractivity contribution in [2.24, 2.45) is 0 Å². The van der Waals surface area contributed by atoms with Crippen LogP contribution in [0.3, 0.4) is 0 Å². The standard InChI is InChI=1S/C12H26O4S.C5H11N/c1-2-3-4-5-6-7-8-9-10-11-12-16-17(13,14)15;1-6-4-2-3-5-6/h2-12H2,1H3,(H,13,14,15);2-5H2,1H3. The van der Waals surface area contributed by atoms with Gasteiger partial charge in [0, 0.05) is 12.8 Å². The second-order valence-electron chi connectivity index (χ2n) is 6.58. The van der Waals surface area contributed by atoms with Gasteiger partial charge in [-0.3, -0.25) is 4.18 Å². The molecule has 0 aromatic carbocycles. The minimum Gasteiger partial charge on any atom is -0.726 e. The summed E-state index contributed by atoms with van der Waals surface area (Å²) in [5.74, 6) is 0. The second kappa shape index (κ2) is 15.4. The fraction of sp³-hybridized carbons (Fsp3) is 1.00. The van der Waals surface area contributed by atoms with E-state index in [4.69, 9.17) is 0 Å². The number of unbranched alkanes of at least 4 members (excludes halogenated alkanes) is 9. The Hall–Kier alpha value is -0.170. The molecule has 1 saturated heterocycles. The first-order valence-corrected chi connectivity index (χ1v) is 10.7. The zero-order valence-electron chi connectivity index (χ0n) is 15.1. The molecule has 1 heterocycles. The van der Waals surface area contributed by atoms with Crippen LogP contribution in [0.25, 0.3) is 0 Å². The molecule has 0 atom stereocenters. The fourth-order valence-corrected chi connectivity index (χ4v) is 3.05. The molecule has 1 rings (SSSR count). The Balaban J connectivity index is 0.000000664. The zero-order valence-corrected chi connectivity index (χ0v) is 16.0. The molecule has 0 spiro atoms. The van der Waals surface area contributed by atoms with Crippen LogP contribution in [-0.2, 0) is 14.6 Å². The first-order valence-electron chi connectivity index (χ1n) is 9.37. The van der Waals surface area contributed by atoms with Crippen molar-refractivity contribution in [3.8, 4) is 0 Å². The van der Waals surface area contributed by atoms with Crippen LogP contribution in [0.1, 0.15) is 84.0 Å². The minimum atomic E-state index is -4.48. The highest BCUT2D eigenvalue weighted by Gasteiger charge is 2.07. The molecule has 1 aliphatic heterocycles. The summed E-state index contributed by atoms with van der Waals surface area (Å²) in [5.41, 5.74) is 0. The summed E-state index contributed by atoms with van der Waals surface area (Å²) in [7, 11) is -2.23. The van der Waals surface area contributed by atoms with E-state index in [1.165, 1.54) is 70.9 Å². The summed E-state index contributed by atoms with van der Waals surface area (Å²) in [6.45, 7) is 5.05. The lowest BCUT2D eigenvalue weighted by molar-refractivity contribution is -0.866. The smallest absolute Gasteiger partial charge is 0.217 e. The van der Waals surface area contributed by atoms with Crippen LogP contribution in [0.2, 0.25) is 0 Å². The van der Waals surface area contributed by atoms with Crippen molar-refractivity contribution in [3.63, 3.8) is 0 Å². The third-order valence-corrected chi connectivity index (χ3v) is 4.64. The van der Waals surface area contributed by atoms with Crippen LogP contribution in [0, 0.1) is 0 Å². The summed E-state index contributed by atoms with van der Waals surface area (Å²) in [6, 6.07) is 0. The molecule has 0 saturated carbocycles. The predicted octanol–water partition coefficient (Wildman–Crippen LogP) is 2.68. The van der Waals surface area contributed by atoms with Crippen LogP contribution >= 0.6 is 0 Å². The van der Waals surface area contributed by atoms with Crippen molar-refractivity contribution < 1.29 is 22.1 Å². The Morgan fingerprint density at radius 3 is 1.65 bits per heavy atom. The third-order valence-electron chi connectivity index (χ3n) is 4.18. The third kappa shape index (κ3) is 19.8. The lowest BCUT2D eigenvalue weighted by Gasteiger charge is -2.06. The maximum Gasteiger partial charge on any atom is 0.217 e. The van der Waals surface area contributed by atoms with Gasteiger partial charge in [0.1, 0.15) is 0 Å². The summed E-state index contributed by atoms with van der Waals surface area (Å²) in [6.07, 6.45) is 14.6. The van der Waals surface area contributed by atoms with Crippen molar-refractivity contribution >= 4 is 10.4 Å². The Bertz CT molecular complexity index is 341. The average Bonchev–Trinajstić information content (AvgIpc) is 2.95. The largest absolute Gasteiger partial charge is 0.726 e. The average molecular weight is 352 g/mol. The number of likely N-dealkylation sites (tertiary alicyclic amines) is 1. The van der Waals surface area contributed by atoms with E-state index in [0.717, 1.165) is 12.8 Å². The van der Waals surface area contributed by atoms with Crippen LogP contribution < -0.4 is 4.90 Å². The Morgan fingerprint density at radius 2 is 1.30 bits per heavy atom. The van der Waals surface area contributed by atoms with Gasteiger partial charge in [0.25, 0.3) is 0 Å². The highest BCUT2D eigenvalue weighted by molar-refractivity contribution is 7.80. The molecule has 140 valence electrons. The number of nitrogens with one attached hydrogen (secondary N) is 1. The molecular weight excluding hydrogens is 314 g/mol. The zero-order chi connectivity index (χ0) is 17.4. The van der Waals surface area contributed by atoms with E-state index in [1.807, 2.05) is 0 Å². The van der Waals surface area contributed by atoms with Gasteiger partial charge in [0.05, 0.1) is 26.7 Å². The van der Waals surface area contributed by atoms with Crippen molar-refractivity contribution in [3.05, 3.63) is 0 Å². The fourth-order valence-electron chi connectivity index (χ4n) is 2.73. The Kier molecular flexibility index (Phi) is 15.2. The summed E-state index contributed by atoms with van der Waals surface area (Å²) >= 11 is 0. The first-order chi connectivity index (χ1) is 11.0. The Labute approximate surface area is 143 Å². The molecule has 1 N–H and O–H groups in total. The molecule has 5 nitrogen and oxygen atoms in total. The molecule has 6 heteroatoms. The van der Waals surface area contributed by atoms with Crippen molar-refractivity contribution in [1.29, 1.82) is 0 Å². The van der Waals surface area contributed by atoms with Crippen molar-refractivity contribution in [1.82, 2.24) is 0 Å². The molecule has 0 aliphatic carbocycles. The number of quaternary nitrogens is 1. The highest BCUT2D eigenvalue weighted by Crippen LogP contribution is 2.10. The molecule has 0 aromatic rings. The molecule has 0 amide bonds. The quantitative estimate of drug-likeness (QED) is 0.333. The van der Waals surface area contributed by atoms with Gasteiger partial charge in [0.15, 0.2) is 0 Å². The van der Waals surface area contributed by atoms with E-state index < -0.39 is 10.4 Å². The van der Waals surface area contributed by atoms with Crippen molar-refractivity contribution in [2.75, 3.05) is 26.7 Å². The van der Waals surface area contributed by atoms with Crippen LogP contribution in [0.15, 0.2) is 0 Å². The van der Waals surface area contributed by atoms with E-state index >= 15 is 0 Å². The van der Waals surface area contributed by atoms with E-state index in [9.17, 15) is 13.0 Å². The van der Waals surface area contributed by atoms with Crippen LogP contribution in [-0.4, -0.2) is 39.7 Å². The normalized spacial score (nSPS) is 15.4. The number of hydrogen-bond acceptors (Lipinski definition) is 4. The van der Waals surface area contributed by atoms with Gasteiger partial charge < -0.3 is 9.45 Å². The van der Waals surface area contributed by atoms with Gasteiger partial charge in [-0.15, -0.1) is 0 Å². The Morgan fingerprint density at radius 1 is 0.870 bits per heavy atom. The van der Waals surface area contributed by atoms with E-state index in [1.54, 1.807) is 4.90 Å². The van der Waals surface area contributed by atoms with Crippen LogP contribution in [0.5, 0.6) is 0 Å². The van der Waals surface area contributed by atoms with Crippen molar-refractivity contribution in [2.45, 2.75) is 84.0 Å². The van der Waals surface area contributed by atoms with Gasteiger partial charge in [-0.05, 0) is 6.42 Å². The summed E-state index contributed by atoms with van der Waals surface area (Å²) in [5, 5.41) is 0. The maximum atomic E-state index is 10.1. The topological polar surface area (TPSA) is 70.9 Å². The second-order valence-corrected chi connectivity index (χ2v) is 7.63. The number of hydrogen-bond donors (Lipinski definition) is 1. The summed E-state index contributed by atoms with van der Waals surface area (Å²) < 4.78 is 34.5. The number of rotatable bonds is 12. The molecule has 0 bridgehead atoms. The molecule has 0 aromatic heterocycles. The molecular formula is C17H37NO4S. The maximum absolute atomic E-state index is 10.1. The lowest BCUT2D eigenvalue weighted by Crippen LogP contribution is -3.06. The molecule has 1 fully saturated rings. The molecule has 23 heavy (non-hydrogen) atoms. The molecule has 0 unspecified atom stereocenters. The van der Waals surface area contributed by atoms with Gasteiger partial charge in [0.2, 0.25) is 10.4 Å².